The first kappa shape index (κ1) is 24.3. The maximum atomic E-state index is 12.4. The predicted octanol–water partition coefficient (Wildman–Crippen LogP) is 3.12. The van der Waals surface area contributed by atoms with Gasteiger partial charge in [-0.05, 0) is 44.4 Å². The highest BCUT2D eigenvalue weighted by Gasteiger charge is 2.28. The van der Waals surface area contributed by atoms with E-state index in [1.54, 1.807) is 0 Å². The molecule has 0 aromatic heterocycles. The van der Waals surface area contributed by atoms with Crippen LogP contribution in [0.3, 0.4) is 0 Å². The highest BCUT2D eigenvalue weighted by Crippen LogP contribution is 2.29. The second kappa shape index (κ2) is 11.4. The zero-order valence-corrected chi connectivity index (χ0v) is 20.7. The number of thioether (sulfide) groups is 1. The molecule has 0 radical (unpaired) electrons. The summed E-state index contributed by atoms with van der Waals surface area (Å²) in [5, 5.41) is 6.44. The van der Waals surface area contributed by atoms with Gasteiger partial charge in [-0.1, -0.05) is 12.1 Å². The van der Waals surface area contributed by atoms with Gasteiger partial charge in [0.05, 0.1) is 6.10 Å². The zero-order valence-electron chi connectivity index (χ0n) is 17.6. The van der Waals surface area contributed by atoms with Gasteiger partial charge in [0.15, 0.2) is 5.96 Å². The van der Waals surface area contributed by atoms with Gasteiger partial charge in [0.1, 0.15) is 0 Å². The number of halogens is 1. The maximum absolute atomic E-state index is 12.4. The van der Waals surface area contributed by atoms with Gasteiger partial charge < -0.3 is 20.3 Å². The fourth-order valence-corrected chi connectivity index (χ4v) is 4.76. The van der Waals surface area contributed by atoms with Crippen LogP contribution in [0.2, 0.25) is 0 Å². The maximum Gasteiger partial charge on any atom is 0.251 e. The molecule has 1 aromatic rings. The molecule has 1 unspecified atom stereocenters. The molecule has 1 amide bonds. The van der Waals surface area contributed by atoms with Crippen molar-refractivity contribution < 1.29 is 9.53 Å². The molecular weight excluding hydrogens is 499 g/mol. The van der Waals surface area contributed by atoms with Crippen molar-refractivity contribution in [1.29, 1.82) is 0 Å². The van der Waals surface area contributed by atoms with Crippen LogP contribution in [0.25, 0.3) is 0 Å². The van der Waals surface area contributed by atoms with Crippen LogP contribution in [0.4, 0.5) is 0 Å². The monoisotopic (exact) mass is 532 g/mol. The minimum Gasteiger partial charge on any atom is -0.376 e. The lowest BCUT2D eigenvalue weighted by Crippen LogP contribution is -2.50. The summed E-state index contributed by atoms with van der Waals surface area (Å²) in [6, 6.07) is 7.77. The Bertz CT molecular complexity index is 708. The molecule has 2 aliphatic heterocycles. The largest absolute Gasteiger partial charge is 0.376 e. The topological polar surface area (TPSA) is 66.0 Å². The number of nitrogens with zero attached hydrogens (tertiary/aromatic N) is 2. The average molecular weight is 532 g/mol. The number of nitrogens with one attached hydrogen (secondary N) is 2. The van der Waals surface area contributed by atoms with Crippen molar-refractivity contribution >= 4 is 47.6 Å². The van der Waals surface area contributed by atoms with Crippen LogP contribution < -0.4 is 10.6 Å². The molecule has 1 aromatic carbocycles. The molecule has 2 heterocycles. The number of ether oxygens (including phenoxy) is 1. The van der Waals surface area contributed by atoms with Crippen LogP contribution in [0, 0.1) is 0 Å². The molecule has 2 aliphatic rings. The Morgan fingerprint density at radius 3 is 2.90 bits per heavy atom. The predicted molar refractivity (Wildman–Crippen MR) is 131 cm³/mol. The molecule has 3 rings (SSSR count). The highest BCUT2D eigenvalue weighted by atomic mass is 127. The van der Waals surface area contributed by atoms with Gasteiger partial charge in [-0.15, -0.1) is 24.0 Å². The van der Waals surface area contributed by atoms with E-state index >= 15 is 0 Å². The lowest BCUT2D eigenvalue weighted by atomic mass is 10.1. The van der Waals surface area contributed by atoms with Crippen molar-refractivity contribution in [1.82, 2.24) is 15.5 Å². The molecule has 29 heavy (non-hydrogen) atoms. The molecule has 0 aliphatic carbocycles. The van der Waals surface area contributed by atoms with Gasteiger partial charge in [-0.3, -0.25) is 9.79 Å². The molecule has 0 saturated carbocycles. The summed E-state index contributed by atoms with van der Waals surface area (Å²) < 4.78 is 5.80. The second-order valence-electron chi connectivity index (χ2n) is 7.98. The van der Waals surface area contributed by atoms with Crippen molar-refractivity contribution in [2.45, 2.75) is 44.1 Å². The zero-order chi connectivity index (χ0) is 20.0. The Balaban J connectivity index is 0.00000300. The number of carbonyl (C=O) groups excluding carboxylic acids is 1. The number of guanidine groups is 1. The van der Waals surface area contributed by atoms with Crippen LogP contribution in [-0.4, -0.2) is 66.7 Å². The van der Waals surface area contributed by atoms with E-state index < -0.39 is 0 Å². The van der Waals surface area contributed by atoms with Gasteiger partial charge in [0.25, 0.3) is 5.91 Å². The lowest BCUT2D eigenvalue weighted by molar-refractivity contribution is 0.0857. The Labute approximate surface area is 195 Å². The third-order valence-corrected chi connectivity index (χ3v) is 6.39. The first-order valence-electron chi connectivity index (χ1n) is 10.1. The number of carbonyl (C=O) groups is 1. The van der Waals surface area contributed by atoms with E-state index in [4.69, 9.17) is 4.74 Å². The summed E-state index contributed by atoms with van der Waals surface area (Å²) in [7, 11) is 1.83. The number of amides is 1. The van der Waals surface area contributed by atoms with Crippen molar-refractivity contribution in [3.63, 3.8) is 0 Å². The molecule has 162 valence electrons. The third-order valence-electron chi connectivity index (χ3n) is 5.09. The van der Waals surface area contributed by atoms with E-state index in [0.717, 1.165) is 49.8 Å². The number of benzene rings is 1. The van der Waals surface area contributed by atoms with Crippen LogP contribution in [0.5, 0.6) is 0 Å². The summed E-state index contributed by atoms with van der Waals surface area (Å²) >= 11 is 2.01. The molecular formula is C21H33IN4O2S. The molecule has 2 saturated heterocycles. The van der Waals surface area contributed by atoms with E-state index in [-0.39, 0.29) is 40.7 Å². The van der Waals surface area contributed by atoms with E-state index in [2.05, 4.69) is 34.4 Å². The Morgan fingerprint density at radius 2 is 2.21 bits per heavy atom. The molecule has 2 fully saturated rings. The smallest absolute Gasteiger partial charge is 0.251 e. The quantitative estimate of drug-likeness (QED) is 0.347. The average Bonchev–Trinajstić information content (AvgIpc) is 3.20. The molecule has 2 N–H and O–H groups in total. The van der Waals surface area contributed by atoms with Crippen LogP contribution in [0.15, 0.2) is 29.3 Å². The van der Waals surface area contributed by atoms with Gasteiger partial charge >= 0.3 is 0 Å². The normalized spacial score (nSPS) is 21.4. The van der Waals surface area contributed by atoms with Crippen molar-refractivity contribution in [2.24, 2.45) is 4.99 Å². The number of aliphatic imine (C=N–C) groups is 1. The van der Waals surface area contributed by atoms with Crippen molar-refractivity contribution in [2.75, 3.05) is 39.0 Å². The van der Waals surface area contributed by atoms with E-state index in [1.807, 2.05) is 43.1 Å². The summed E-state index contributed by atoms with van der Waals surface area (Å²) in [5.74, 6) is 1.98. The number of rotatable bonds is 5. The first-order valence-corrected chi connectivity index (χ1v) is 11.0. The van der Waals surface area contributed by atoms with Gasteiger partial charge in [0.2, 0.25) is 0 Å². The summed E-state index contributed by atoms with van der Waals surface area (Å²) in [4.78, 5) is 19.2. The van der Waals surface area contributed by atoms with Gasteiger partial charge in [0, 0.05) is 55.9 Å². The number of hydrogen-bond donors (Lipinski definition) is 2. The van der Waals surface area contributed by atoms with Crippen LogP contribution >= 0.6 is 35.7 Å². The van der Waals surface area contributed by atoms with Crippen molar-refractivity contribution in [3.8, 4) is 0 Å². The van der Waals surface area contributed by atoms with Crippen LogP contribution in [-0.2, 0) is 11.3 Å². The summed E-state index contributed by atoms with van der Waals surface area (Å²) in [5.41, 5.74) is 1.75. The molecule has 0 bridgehead atoms. The summed E-state index contributed by atoms with van der Waals surface area (Å²) in [6.07, 6.45) is 2.26. The Hall–Kier alpha value is -1.00. The molecule has 6 nitrogen and oxygen atoms in total. The summed E-state index contributed by atoms with van der Waals surface area (Å²) in [6.45, 7) is 8.55. The lowest BCUT2D eigenvalue weighted by Gasteiger charge is -2.39. The highest BCUT2D eigenvalue weighted by molar-refractivity contribution is 14.0. The minimum atomic E-state index is -0.0449. The standard InChI is InChI=1S/C21H32N4O2S.HI/c1-21(2)15-25(9-11-28-21)20(22-3)24-13-16-6-4-7-17(12-16)19(26)23-14-18-8-5-10-27-18;/h4,6-7,12,18H,5,8-11,13-15H2,1-3H3,(H,22,24)(H,23,26);1H. The number of hydrogen-bond acceptors (Lipinski definition) is 4. The van der Waals surface area contributed by atoms with E-state index in [0.29, 0.717) is 18.7 Å². The van der Waals surface area contributed by atoms with Crippen LogP contribution in [0.1, 0.15) is 42.6 Å². The minimum absolute atomic E-state index is 0. The first-order chi connectivity index (χ1) is 13.5. The molecule has 1 atom stereocenters. The fraction of sp³-hybridized carbons (Fsp3) is 0.619. The Kier molecular flexibility index (Phi) is 9.55. The molecule has 0 spiro atoms. The van der Waals surface area contributed by atoms with Crippen molar-refractivity contribution in [3.05, 3.63) is 35.4 Å². The third kappa shape index (κ3) is 7.32. The Morgan fingerprint density at radius 1 is 1.38 bits per heavy atom. The molecule has 8 heteroatoms. The van der Waals surface area contributed by atoms with E-state index in [1.165, 1.54) is 0 Å². The SMILES string of the molecule is CN=C(NCc1cccc(C(=O)NCC2CCCO2)c1)N1CCSC(C)(C)C1.I. The van der Waals surface area contributed by atoms with Gasteiger partial charge in [-0.2, -0.15) is 11.8 Å². The van der Waals surface area contributed by atoms with Gasteiger partial charge in [-0.25, -0.2) is 0 Å². The fourth-order valence-electron chi connectivity index (χ4n) is 3.65. The second-order valence-corrected chi connectivity index (χ2v) is 9.78. The van der Waals surface area contributed by atoms with E-state index in [9.17, 15) is 4.79 Å².